The topological polar surface area (TPSA) is 9.72 Å². The Hall–Kier alpha value is -0.540. The molecule has 0 saturated carbocycles. The molecule has 1 saturated heterocycles. The number of rotatable bonds is 3. The molecule has 0 bridgehead atoms. The SMILES string of the molecule is C=C1CN(CCN(C)C)CC(C)N1C(C)(C)C. The fourth-order valence-electron chi connectivity index (χ4n) is 2.81. The molecule has 1 aliphatic rings. The molecular weight excluding hydrogens is 210 g/mol. The van der Waals surface area contributed by atoms with Gasteiger partial charge >= 0.3 is 0 Å². The van der Waals surface area contributed by atoms with Crippen LogP contribution in [-0.4, -0.2) is 66.6 Å². The van der Waals surface area contributed by atoms with Gasteiger partial charge in [0.05, 0.1) is 0 Å². The van der Waals surface area contributed by atoms with Crippen LogP contribution in [-0.2, 0) is 0 Å². The number of likely N-dealkylation sites (N-methyl/N-ethyl adjacent to an activating group) is 1. The Balaban J connectivity index is 2.58. The van der Waals surface area contributed by atoms with Gasteiger partial charge in [-0.25, -0.2) is 0 Å². The number of hydrogen-bond donors (Lipinski definition) is 0. The van der Waals surface area contributed by atoms with Crippen LogP contribution in [0.5, 0.6) is 0 Å². The average Bonchev–Trinajstić information content (AvgIpc) is 2.11. The highest BCUT2D eigenvalue weighted by Gasteiger charge is 2.32. The predicted octanol–water partition coefficient (Wildman–Crippen LogP) is 1.87. The van der Waals surface area contributed by atoms with E-state index in [9.17, 15) is 0 Å². The molecule has 3 heteroatoms. The summed E-state index contributed by atoms with van der Waals surface area (Å²) in [5, 5.41) is 0. The van der Waals surface area contributed by atoms with Gasteiger partial charge in [0.1, 0.15) is 0 Å². The van der Waals surface area contributed by atoms with Crippen LogP contribution in [0.3, 0.4) is 0 Å². The maximum absolute atomic E-state index is 4.26. The minimum Gasteiger partial charge on any atom is -0.365 e. The summed E-state index contributed by atoms with van der Waals surface area (Å²) in [6.45, 7) is 17.8. The zero-order chi connectivity index (χ0) is 13.2. The van der Waals surface area contributed by atoms with E-state index >= 15 is 0 Å². The summed E-state index contributed by atoms with van der Waals surface area (Å²) in [5.74, 6) is 0. The van der Waals surface area contributed by atoms with E-state index in [1.54, 1.807) is 0 Å². The van der Waals surface area contributed by atoms with Gasteiger partial charge in [-0.2, -0.15) is 0 Å². The highest BCUT2D eigenvalue weighted by Crippen LogP contribution is 2.26. The van der Waals surface area contributed by atoms with E-state index in [4.69, 9.17) is 0 Å². The lowest BCUT2D eigenvalue weighted by Crippen LogP contribution is -2.57. The van der Waals surface area contributed by atoms with Crippen LogP contribution < -0.4 is 0 Å². The van der Waals surface area contributed by atoms with Crippen LogP contribution in [0.4, 0.5) is 0 Å². The van der Waals surface area contributed by atoms with E-state index in [0.717, 1.165) is 26.2 Å². The van der Waals surface area contributed by atoms with Gasteiger partial charge in [0.2, 0.25) is 0 Å². The molecule has 17 heavy (non-hydrogen) atoms. The van der Waals surface area contributed by atoms with Crippen molar-refractivity contribution < 1.29 is 0 Å². The second-order valence-corrected chi connectivity index (χ2v) is 6.49. The van der Waals surface area contributed by atoms with Gasteiger partial charge in [-0.05, 0) is 41.8 Å². The first-order valence-electron chi connectivity index (χ1n) is 6.56. The van der Waals surface area contributed by atoms with Gasteiger partial charge in [-0.3, -0.25) is 4.90 Å². The zero-order valence-corrected chi connectivity index (χ0v) is 12.5. The summed E-state index contributed by atoms with van der Waals surface area (Å²) >= 11 is 0. The molecule has 0 aliphatic carbocycles. The maximum Gasteiger partial charge on any atom is 0.0391 e. The molecule has 100 valence electrons. The lowest BCUT2D eigenvalue weighted by molar-refractivity contribution is 0.0563. The lowest BCUT2D eigenvalue weighted by Gasteiger charge is -2.49. The highest BCUT2D eigenvalue weighted by atomic mass is 15.3. The molecule has 0 aromatic heterocycles. The second kappa shape index (κ2) is 5.40. The summed E-state index contributed by atoms with van der Waals surface area (Å²) in [6.07, 6.45) is 0. The Bertz CT molecular complexity index is 265. The van der Waals surface area contributed by atoms with E-state index in [1.807, 2.05) is 0 Å². The van der Waals surface area contributed by atoms with Gasteiger partial charge in [0.25, 0.3) is 0 Å². The first-order valence-corrected chi connectivity index (χ1v) is 6.56. The van der Waals surface area contributed by atoms with Crippen LogP contribution in [0.15, 0.2) is 12.3 Å². The van der Waals surface area contributed by atoms with E-state index < -0.39 is 0 Å². The van der Waals surface area contributed by atoms with Gasteiger partial charge < -0.3 is 9.80 Å². The standard InChI is InChI=1S/C14H29N3/c1-12-10-16(9-8-15(6)7)11-13(2)17(12)14(3,4)5/h13H,1,8-11H2,2-7H3. The summed E-state index contributed by atoms with van der Waals surface area (Å²) in [6, 6.07) is 0.554. The van der Waals surface area contributed by atoms with Gasteiger partial charge in [-0.15, -0.1) is 0 Å². The fraction of sp³-hybridized carbons (Fsp3) is 0.857. The van der Waals surface area contributed by atoms with Crippen LogP contribution in [0, 0.1) is 0 Å². The van der Waals surface area contributed by atoms with Crippen molar-refractivity contribution >= 4 is 0 Å². The third-order valence-corrected chi connectivity index (χ3v) is 3.30. The number of piperazine rings is 1. The number of hydrogen-bond acceptors (Lipinski definition) is 3. The van der Waals surface area contributed by atoms with Crippen molar-refractivity contribution in [3.63, 3.8) is 0 Å². The van der Waals surface area contributed by atoms with Crippen molar-refractivity contribution in [2.45, 2.75) is 39.3 Å². The smallest absolute Gasteiger partial charge is 0.0391 e. The van der Waals surface area contributed by atoms with Crippen molar-refractivity contribution in [2.75, 3.05) is 40.3 Å². The van der Waals surface area contributed by atoms with Crippen molar-refractivity contribution in [3.05, 3.63) is 12.3 Å². The molecule has 1 fully saturated rings. The van der Waals surface area contributed by atoms with Gasteiger partial charge in [0.15, 0.2) is 0 Å². The summed E-state index contributed by atoms with van der Waals surface area (Å²) in [7, 11) is 4.26. The molecule has 0 N–H and O–H groups in total. The Morgan fingerprint density at radius 3 is 2.35 bits per heavy atom. The Labute approximate surface area is 107 Å². The van der Waals surface area contributed by atoms with E-state index in [-0.39, 0.29) is 5.54 Å². The Kier molecular flexibility index (Phi) is 4.62. The van der Waals surface area contributed by atoms with Gasteiger partial charge in [0, 0.05) is 43.5 Å². The Morgan fingerprint density at radius 1 is 1.35 bits per heavy atom. The van der Waals surface area contributed by atoms with Gasteiger partial charge in [-0.1, -0.05) is 6.58 Å². The summed E-state index contributed by atoms with van der Waals surface area (Å²) < 4.78 is 0. The van der Waals surface area contributed by atoms with E-state index in [1.165, 1.54) is 5.70 Å². The fourth-order valence-corrected chi connectivity index (χ4v) is 2.81. The van der Waals surface area contributed by atoms with Crippen molar-refractivity contribution in [3.8, 4) is 0 Å². The molecule has 1 aliphatic heterocycles. The van der Waals surface area contributed by atoms with Crippen LogP contribution >= 0.6 is 0 Å². The van der Waals surface area contributed by atoms with Crippen LogP contribution in [0.1, 0.15) is 27.7 Å². The molecule has 3 nitrogen and oxygen atoms in total. The largest absolute Gasteiger partial charge is 0.365 e. The maximum atomic E-state index is 4.26. The predicted molar refractivity (Wildman–Crippen MR) is 75.2 cm³/mol. The second-order valence-electron chi connectivity index (χ2n) is 6.49. The minimum atomic E-state index is 0.185. The monoisotopic (exact) mass is 239 g/mol. The third kappa shape index (κ3) is 4.00. The van der Waals surface area contributed by atoms with Crippen molar-refractivity contribution in [1.82, 2.24) is 14.7 Å². The molecule has 1 atom stereocenters. The quantitative estimate of drug-likeness (QED) is 0.744. The third-order valence-electron chi connectivity index (χ3n) is 3.30. The minimum absolute atomic E-state index is 0.185. The first kappa shape index (κ1) is 14.5. The van der Waals surface area contributed by atoms with Crippen LogP contribution in [0.2, 0.25) is 0 Å². The molecule has 0 amide bonds. The van der Waals surface area contributed by atoms with E-state index in [0.29, 0.717) is 6.04 Å². The summed E-state index contributed by atoms with van der Waals surface area (Å²) in [5.41, 5.74) is 1.44. The lowest BCUT2D eigenvalue weighted by atomic mass is 9.99. The molecule has 1 heterocycles. The molecule has 1 rings (SSSR count). The zero-order valence-electron chi connectivity index (χ0n) is 12.5. The highest BCUT2D eigenvalue weighted by molar-refractivity contribution is 5.08. The van der Waals surface area contributed by atoms with Crippen LogP contribution in [0.25, 0.3) is 0 Å². The molecule has 1 unspecified atom stereocenters. The Morgan fingerprint density at radius 2 is 1.94 bits per heavy atom. The normalized spacial score (nSPS) is 23.6. The molecular formula is C14H29N3. The molecule has 0 spiro atoms. The average molecular weight is 239 g/mol. The molecule has 0 aromatic carbocycles. The summed E-state index contributed by atoms with van der Waals surface area (Å²) in [4.78, 5) is 7.22. The number of nitrogens with zero attached hydrogens (tertiary/aromatic N) is 3. The molecule has 0 aromatic rings. The molecule has 0 radical (unpaired) electrons. The van der Waals surface area contributed by atoms with E-state index in [2.05, 4.69) is 63.1 Å². The van der Waals surface area contributed by atoms with Crippen molar-refractivity contribution in [2.24, 2.45) is 0 Å². The first-order chi connectivity index (χ1) is 7.71. The van der Waals surface area contributed by atoms with Crippen molar-refractivity contribution in [1.29, 1.82) is 0 Å².